The lowest BCUT2D eigenvalue weighted by atomic mass is 10.1. The van der Waals surface area contributed by atoms with Crippen molar-refractivity contribution in [2.45, 2.75) is 70.8 Å². The fourth-order valence-corrected chi connectivity index (χ4v) is 2.23. The van der Waals surface area contributed by atoms with E-state index in [2.05, 4.69) is 49.5 Å². The van der Waals surface area contributed by atoms with Gasteiger partial charge in [-0.3, -0.25) is 4.79 Å². The molecule has 23 heavy (non-hydrogen) atoms. The van der Waals surface area contributed by atoms with Crippen LogP contribution < -0.4 is 0 Å². The molecule has 1 fully saturated rings. The molecule has 0 aliphatic carbocycles. The van der Waals surface area contributed by atoms with E-state index in [1.54, 1.807) is 0 Å². The first-order valence-corrected chi connectivity index (χ1v) is 8.79. The van der Waals surface area contributed by atoms with Crippen molar-refractivity contribution in [1.82, 2.24) is 0 Å². The van der Waals surface area contributed by atoms with Crippen LogP contribution in [0, 0.1) is 0 Å². The summed E-state index contributed by atoms with van der Waals surface area (Å²) in [6.07, 6.45) is 23.7. The summed E-state index contributed by atoms with van der Waals surface area (Å²) in [5, 5.41) is 8.50. The maximum atomic E-state index is 10.3. The average molecular weight is 318 g/mol. The summed E-state index contributed by atoms with van der Waals surface area (Å²) >= 11 is 0. The minimum Gasteiger partial charge on any atom is -0.483 e. The number of unbranched alkanes of at least 4 members (excludes halogenated alkanes) is 3. The number of ether oxygens (including phenoxy) is 1. The van der Waals surface area contributed by atoms with Crippen LogP contribution in [0.5, 0.6) is 0 Å². The van der Waals surface area contributed by atoms with E-state index in [4.69, 9.17) is 9.84 Å². The van der Waals surface area contributed by atoms with Crippen LogP contribution in [0.1, 0.15) is 64.7 Å². The second-order valence-electron chi connectivity index (χ2n) is 5.80. The molecule has 3 heteroatoms. The van der Waals surface area contributed by atoms with Gasteiger partial charge in [0.25, 0.3) is 0 Å². The fraction of sp³-hybridized carbons (Fsp3) is 0.550. The second-order valence-corrected chi connectivity index (χ2v) is 5.80. The molecule has 1 aliphatic rings. The smallest absolute Gasteiger partial charge is 0.303 e. The summed E-state index contributed by atoms with van der Waals surface area (Å²) in [6.45, 7) is 2.22. The molecule has 1 heterocycles. The summed E-state index contributed by atoms with van der Waals surface area (Å²) in [4.78, 5) is 10.3. The number of epoxide rings is 1. The molecule has 0 bridgehead atoms. The molecule has 1 N–H and O–H groups in total. The normalized spacial score (nSPS) is 19.2. The topological polar surface area (TPSA) is 49.8 Å². The molecule has 0 unspecified atom stereocenters. The molecule has 0 radical (unpaired) electrons. The quantitative estimate of drug-likeness (QED) is 0.275. The van der Waals surface area contributed by atoms with E-state index in [9.17, 15) is 4.79 Å². The molecule has 0 saturated carbocycles. The van der Waals surface area contributed by atoms with Gasteiger partial charge in [-0.2, -0.15) is 0 Å². The molecule has 1 atom stereocenters. The highest BCUT2D eigenvalue weighted by atomic mass is 16.6. The Kier molecular flexibility index (Phi) is 10.7. The van der Waals surface area contributed by atoms with Gasteiger partial charge >= 0.3 is 5.97 Å². The molecule has 0 spiro atoms. The van der Waals surface area contributed by atoms with E-state index in [0.29, 0.717) is 12.5 Å². The minimum absolute atomic E-state index is 0.254. The van der Waals surface area contributed by atoms with Gasteiger partial charge in [0.05, 0.1) is 0 Å². The molecule has 1 rings (SSSR count). The van der Waals surface area contributed by atoms with Crippen molar-refractivity contribution in [3.8, 4) is 0 Å². The number of aliphatic carboxylic acids is 1. The van der Waals surface area contributed by atoms with E-state index in [1.807, 2.05) is 0 Å². The number of allylic oxidation sites excluding steroid dienone is 7. The Morgan fingerprint density at radius 2 is 1.83 bits per heavy atom. The monoisotopic (exact) mass is 318 g/mol. The standard InChI is InChI=1S/C20H30O3/c1-2-3-12-15-18-19(23-18)16-13-10-8-6-4-5-7-9-11-14-17-20(21)22/h4,6-7,9-10,13,16,18H,2-3,5,8,11-12,14-15,17H2,1H3,(H,21,22)/b6-4-,9-7-,13-10-,19-16-/t18-/m0/s1. The number of carbonyl (C=O) groups is 1. The molecule has 0 aromatic rings. The highest BCUT2D eigenvalue weighted by Crippen LogP contribution is 2.31. The average Bonchev–Trinajstić information content (AvgIpc) is 3.27. The van der Waals surface area contributed by atoms with Crippen molar-refractivity contribution in [2.75, 3.05) is 0 Å². The summed E-state index contributed by atoms with van der Waals surface area (Å²) < 4.78 is 5.52. The summed E-state index contributed by atoms with van der Waals surface area (Å²) in [5.74, 6) is 0.412. The van der Waals surface area contributed by atoms with Crippen LogP contribution >= 0.6 is 0 Å². The number of rotatable bonds is 13. The molecule has 0 aromatic carbocycles. The van der Waals surface area contributed by atoms with Gasteiger partial charge in [0, 0.05) is 6.42 Å². The first-order chi connectivity index (χ1) is 11.2. The molecular weight excluding hydrogens is 288 g/mol. The van der Waals surface area contributed by atoms with Crippen LogP contribution in [-0.2, 0) is 9.53 Å². The Morgan fingerprint density at radius 3 is 2.57 bits per heavy atom. The third-order valence-electron chi connectivity index (χ3n) is 3.64. The lowest BCUT2D eigenvalue weighted by molar-refractivity contribution is -0.137. The summed E-state index contributed by atoms with van der Waals surface area (Å²) in [5.41, 5.74) is 0. The predicted molar refractivity (Wildman–Crippen MR) is 95.2 cm³/mol. The van der Waals surface area contributed by atoms with Gasteiger partial charge in [0.15, 0.2) is 6.10 Å². The van der Waals surface area contributed by atoms with Crippen LogP contribution in [0.25, 0.3) is 0 Å². The Labute approximate surface area is 140 Å². The molecule has 3 nitrogen and oxygen atoms in total. The Balaban J connectivity index is 1.98. The van der Waals surface area contributed by atoms with Gasteiger partial charge in [-0.05, 0) is 44.6 Å². The van der Waals surface area contributed by atoms with Gasteiger partial charge in [-0.25, -0.2) is 0 Å². The van der Waals surface area contributed by atoms with E-state index in [1.165, 1.54) is 19.3 Å². The second kappa shape index (κ2) is 12.7. The first-order valence-electron chi connectivity index (χ1n) is 8.79. The van der Waals surface area contributed by atoms with Crippen molar-refractivity contribution in [3.63, 3.8) is 0 Å². The molecule has 1 aliphatic heterocycles. The highest BCUT2D eigenvalue weighted by molar-refractivity contribution is 5.66. The van der Waals surface area contributed by atoms with Crippen molar-refractivity contribution < 1.29 is 14.6 Å². The van der Waals surface area contributed by atoms with E-state index in [-0.39, 0.29) is 6.42 Å². The van der Waals surface area contributed by atoms with Gasteiger partial charge < -0.3 is 9.84 Å². The van der Waals surface area contributed by atoms with Crippen LogP contribution in [0.3, 0.4) is 0 Å². The van der Waals surface area contributed by atoms with E-state index in [0.717, 1.165) is 31.4 Å². The molecule has 128 valence electrons. The largest absolute Gasteiger partial charge is 0.483 e. The van der Waals surface area contributed by atoms with Crippen molar-refractivity contribution in [3.05, 3.63) is 48.3 Å². The maximum absolute atomic E-state index is 10.3. The van der Waals surface area contributed by atoms with E-state index >= 15 is 0 Å². The van der Waals surface area contributed by atoms with Crippen LogP contribution in [0.15, 0.2) is 48.3 Å². The molecule has 1 saturated heterocycles. The van der Waals surface area contributed by atoms with Gasteiger partial charge in [0.2, 0.25) is 0 Å². The molecular formula is C20H30O3. The predicted octanol–water partition coefficient (Wildman–Crippen LogP) is 5.55. The summed E-state index contributed by atoms with van der Waals surface area (Å²) in [7, 11) is 0. The highest BCUT2D eigenvalue weighted by Gasteiger charge is 2.30. The number of hydrogen-bond acceptors (Lipinski definition) is 2. The van der Waals surface area contributed by atoms with Gasteiger partial charge in [-0.15, -0.1) is 0 Å². The van der Waals surface area contributed by atoms with E-state index < -0.39 is 5.97 Å². The zero-order valence-corrected chi connectivity index (χ0v) is 14.2. The maximum Gasteiger partial charge on any atom is 0.303 e. The van der Waals surface area contributed by atoms with Crippen molar-refractivity contribution >= 4 is 5.97 Å². The lowest BCUT2D eigenvalue weighted by Crippen LogP contribution is -1.92. The Hall–Kier alpha value is -1.77. The Bertz CT molecular complexity index is 444. The van der Waals surface area contributed by atoms with Crippen molar-refractivity contribution in [2.24, 2.45) is 0 Å². The number of carboxylic acids is 1. The third kappa shape index (κ3) is 11.5. The van der Waals surface area contributed by atoms with Crippen LogP contribution in [0.2, 0.25) is 0 Å². The zero-order valence-electron chi connectivity index (χ0n) is 14.2. The number of carboxylic acid groups (broad SMARTS) is 1. The first kappa shape index (κ1) is 19.3. The van der Waals surface area contributed by atoms with Crippen LogP contribution in [0.4, 0.5) is 0 Å². The van der Waals surface area contributed by atoms with Crippen LogP contribution in [-0.4, -0.2) is 17.2 Å². The SMILES string of the molecule is CCCCC[C@@H]1O/C1=C\C=C/C/C=C\C/C=C\CCCC(=O)O. The Morgan fingerprint density at radius 1 is 1.09 bits per heavy atom. The molecule has 0 aromatic heterocycles. The third-order valence-corrected chi connectivity index (χ3v) is 3.64. The minimum atomic E-state index is -0.719. The number of hydrogen-bond donors (Lipinski definition) is 1. The van der Waals surface area contributed by atoms with Crippen molar-refractivity contribution in [1.29, 1.82) is 0 Å². The fourth-order valence-electron chi connectivity index (χ4n) is 2.23. The zero-order chi connectivity index (χ0) is 16.8. The van der Waals surface area contributed by atoms with Gasteiger partial charge in [-0.1, -0.05) is 56.2 Å². The lowest BCUT2D eigenvalue weighted by Gasteiger charge is -1.90. The van der Waals surface area contributed by atoms with Gasteiger partial charge in [0.1, 0.15) is 5.76 Å². The summed E-state index contributed by atoms with van der Waals surface area (Å²) in [6, 6.07) is 0. The molecule has 0 amide bonds.